The van der Waals surface area contributed by atoms with Gasteiger partial charge in [0.15, 0.2) is 0 Å². The Morgan fingerprint density at radius 2 is 2.21 bits per heavy atom. The lowest BCUT2D eigenvalue weighted by Crippen LogP contribution is -2.07. The highest BCUT2D eigenvalue weighted by atomic mass is 15.3. The van der Waals surface area contributed by atoms with Gasteiger partial charge in [-0.15, -0.1) is 0 Å². The van der Waals surface area contributed by atoms with Gasteiger partial charge in [0.05, 0.1) is 30.4 Å². The fourth-order valence-corrected chi connectivity index (χ4v) is 3.33. The van der Waals surface area contributed by atoms with Crippen molar-refractivity contribution in [2.45, 2.75) is 38.1 Å². The molecule has 3 aromatic rings. The van der Waals surface area contributed by atoms with Gasteiger partial charge < -0.3 is 4.98 Å². The van der Waals surface area contributed by atoms with Crippen molar-refractivity contribution in [1.82, 2.24) is 24.7 Å². The molecule has 6 nitrogen and oxygen atoms in total. The second-order valence-electron chi connectivity index (χ2n) is 6.13. The van der Waals surface area contributed by atoms with E-state index in [1.807, 2.05) is 29.3 Å². The molecule has 1 N–H and O–H groups in total. The van der Waals surface area contributed by atoms with E-state index in [1.54, 1.807) is 6.33 Å². The summed E-state index contributed by atoms with van der Waals surface area (Å²) in [6.07, 6.45) is 14.6. The average molecular weight is 318 g/mol. The summed E-state index contributed by atoms with van der Waals surface area (Å²) in [5.41, 5.74) is 4.06. The first-order chi connectivity index (χ1) is 11.8. The number of aromatic nitrogens is 5. The number of nitriles is 1. The van der Waals surface area contributed by atoms with E-state index in [0.29, 0.717) is 6.42 Å². The van der Waals surface area contributed by atoms with Gasteiger partial charge in [0.1, 0.15) is 12.0 Å². The fraction of sp³-hybridized carbons (Fsp3) is 0.333. The maximum absolute atomic E-state index is 9.16. The van der Waals surface area contributed by atoms with Crippen LogP contribution in [0, 0.1) is 11.3 Å². The molecule has 0 unspecified atom stereocenters. The average Bonchev–Trinajstić information content (AvgIpc) is 3.34. The van der Waals surface area contributed by atoms with Crippen LogP contribution < -0.4 is 0 Å². The molecule has 120 valence electrons. The number of allylic oxidation sites excluding steroid dienone is 2. The van der Waals surface area contributed by atoms with Crippen molar-refractivity contribution in [2.75, 3.05) is 0 Å². The minimum Gasteiger partial charge on any atom is -0.346 e. The van der Waals surface area contributed by atoms with Gasteiger partial charge in [-0.1, -0.05) is 11.6 Å². The van der Waals surface area contributed by atoms with E-state index in [-0.39, 0.29) is 6.04 Å². The molecule has 1 aliphatic rings. The summed E-state index contributed by atoms with van der Waals surface area (Å²) in [6, 6.07) is 4.23. The highest BCUT2D eigenvalue weighted by Gasteiger charge is 2.15. The summed E-state index contributed by atoms with van der Waals surface area (Å²) in [5.74, 6) is 0. The van der Waals surface area contributed by atoms with Crippen molar-refractivity contribution in [3.8, 4) is 17.3 Å². The highest BCUT2D eigenvalue weighted by Crippen LogP contribution is 2.29. The molecule has 0 aliphatic heterocycles. The molecule has 1 atom stereocenters. The molecule has 0 spiro atoms. The molecule has 3 aromatic heterocycles. The zero-order chi connectivity index (χ0) is 16.4. The van der Waals surface area contributed by atoms with Gasteiger partial charge in [0.2, 0.25) is 0 Å². The number of H-pyrrole nitrogens is 1. The molecule has 24 heavy (non-hydrogen) atoms. The van der Waals surface area contributed by atoms with Gasteiger partial charge in [-0.25, -0.2) is 9.97 Å². The first-order valence-electron chi connectivity index (χ1n) is 8.24. The van der Waals surface area contributed by atoms with Gasteiger partial charge in [0, 0.05) is 23.3 Å². The third kappa shape index (κ3) is 2.69. The number of hydrogen-bond donors (Lipinski definition) is 1. The minimum atomic E-state index is -0.0135. The lowest BCUT2D eigenvalue weighted by atomic mass is 10.1. The van der Waals surface area contributed by atoms with Crippen LogP contribution in [0.4, 0.5) is 0 Å². The van der Waals surface area contributed by atoms with Crippen LogP contribution in [-0.4, -0.2) is 24.7 Å². The summed E-state index contributed by atoms with van der Waals surface area (Å²) in [7, 11) is 0. The predicted molar refractivity (Wildman–Crippen MR) is 90.9 cm³/mol. The lowest BCUT2D eigenvalue weighted by molar-refractivity contribution is 0.544. The number of nitrogens with one attached hydrogen (secondary N) is 1. The van der Waals surface area contributed by atoms with Gasteiger partial charge in [-0.2, -0.15) is 10.4 Å². The topological polar surface area (TPSA) is 83.2 Å². The smallest absolute Gasteiger partial charge is 0.141 e. The van der Waals surface area contributed by atoms with E-state index in [2.05, 4.69) is 32.2 Å². The Labute approximate surface area is 139 Å². The SMILES string of the molecule is N#CC[C@H](C=C1CCCC1)n1cc(-c2ncnc3[nH]ccc23)cn1. The summed E-state index contributed by atoms with van der Waals surface area (Å²) in [6.45, 7) is 0. The Bertz CT molecular complexity index is 918. The Morgan fingerprint density at radius 3 is 3.04 bits per heavy atom. The van der Waals surface area contributed by atoms with E-state index in [1.165, 1.54) is 18.4 Å². The molecule has 0 aromatic carbocycles. The summed E-state index contributed by atoms with van der Waals surface area (Å²) in [5, 5.41) is 14.6. The van der Waals surface area contributed by atoms with Crippen LogP contribution >= 0.6 is 0 Å². The number of nitrogens with zero attached hydrogens (tertiary/aromatic N) is 5. The van der Waals surface area contributed by atoms with E-state index in [9.17, 15) is 0 Å². The molecule has 4 rings (SSSR count). The standard InChI is InChI=1S/C18H18N6/c19-7-5-15(9-13-3-1-2-4-13)24-11-14(10-23-24)17-16-6-8-20-18(16)22-12-21-17/h6,8-12,15H,1-5H2,(H,20,21,22)/t15-/m1/s1. The molecular formula is C18H18N6. The van der Waals surface area contributed by atoms with Gasteiger partial charge in [-0.05, 0) is 31.7 Å². The molecule has 1 saturated carbocycles. The van der Waals surface area contributed by atoms with Crippen LogP contribution in [0.15, 0.2) is 42.6 Å². The Morgan fingerprint density at radius 1 is 1.33 bits per heavy atom. The van der Waals surface area contributed by atoms with E-state index < -0.39 is 0 Å². The second kappa shape index (κ2) is 6.28. The maximum atomic E-state index is 9.16. The summed E-state index contributed by atoms with van der Waals surface area (Å²) < 4.78 is 1.88. The predicted octanol–water partition coefficient (Wildman–Crippen LogP) is 3.78. The van der Waals surface area contributed by atoms with Crippen molar-refractivity contribution in [2.24, 2.45) is 0 Å². The number of fused-ring (bicyclic) bond motifs is 1. The van der Waals surface area contributed by atoms with E-state index in [0.717, 1.165) is 35.1 Å². The molecule has 1 aliphatic carbocycles. The molecular weight excluding hydrogens is 300 g/mol. The molecule has 1 fully saturated rings. The van der Waals surface area contributed by atoms with Crippen molar-refractivity contribution in [3.63, 3.8) is 0 Å². The Balaban J connectivity index is 1.69. The van der Waals surface area contributed by atoms with Crippen LogP contribution in [-0.2, 0) is 0 Å². The van der Waals surface area contributed by atoms with Crippen LogP contribution in [0.5, 0.6) is 0 Å². The van der Waals surface area contributed by atoms with E-state index in [4.69, 9.17) is 5.26 Å². The quantitative estimate of drug-likeness (QED) is 0.742. The molecule has 3 heterocycles. The third-order valence-corrected chi connectivity index (χ3v) is 4.54. The normalized spacial score (nSPS) is 15.5. The van der Waals surface area contributed by atoms with Crippen molar-refractivity contribution >= 4 is 11.0 Å². The molecule has 0 bridgehead atoms. The molecule has 0 saturated heterocycles. The third-order valence-electron chi connectivity index (χ3n) is 4.54. The second-order valence-corrected chi connectivity index (χ2v) is 6.13. The number of rotatable bonds is 4. The minimum absolute atomic E-state index is 0.0135. The maximum Gasteiger partial charge on any atom is 0.141 e. The van der Waals surface area contributed by atoms with Crippen molar-refractivity contribution in [3.05, 3.63) is 42.6 Å². The van der Waals surface area contributed by atoms with Gasteiger partial charge >= 0.3 is 0 Å². The monoisotopic (exact) mass is 318 g/mol. The first-order valence-corrected chi connectivity index (χ1v) is 8.24. The summed E-state index contributed by atoms with van der Waals surface area (Å²) >= 11 is 0. The zero-order valence-corrected chi connectivity index (χ0v) is 13.3. The van der Waals surface area contributed by atoms with Gasteiger partial charge in [-0.3, -0.25) is 4.68 Å². The highest BCUT2D eigenvalue weighted by molar-refractivity contribution is 5.89. The van der Waals surface area contributed by atoms with Crippen LogP contribution in [0.1, 0.15) is 38.1 Å². The molecule has 6 heteroatoms. The molecule has 0 radical (unpaired) electrons. The van der Waals surface area contributed by atoms with Gasteiger partial charge in [0.25, 0.3) is 0 Å². The van der Waals surface area contributed by atoms with Crippen LogP contribution in [0.25, 0.3) is 22.3 Å². The molecule has 0 amide bonds. The summed E-state index contributed by atoms with van der Waals surface area (Å²) in [4.78, 5) is 11.7. The zero-order valence-electron chi connectivity index (χ0n) is 13.3. The van der Waals surface area contributed by atoms with E-state index >= 15 is 0 Å². The Kier molecular flexibility index (Phi) is 3.83. The fourth-order valence-electron chi connectivity index (χ4n) is 3.33. The first kappa shape index (κ1) is 14.6. The van der Waals surface area contributed by atoms with Crippen molar-refractivity contribution in [1.29, 1.82) is 5.26 Å². The largest absolute Gasteiger partial charge is 0.346 e. The number of hydrogen-bond acceptors (Lipinski definition) is 4. The lowest BCUT2D eigenvalue weighted by Gasteiger charge is -2.11. The van der Waals surface area contributed by atoms with Crippen LogP contribution in [0.2, 0.25) is 0 Å². The van der Waals surface area contributed by atoms with Crippen LogP contribution in [0.3, 0.4) is 0 Å². The Hall–Kier alpha value is -2.94. The number of aromatic amines is 1. The van der Waals surface area contributed by atoms with Crippen molar-refractivity contribution < 1.29 is 0 Å².